The molecule has 0 unspecified atom stereocenters. The summed E-state index contributed by atoms with van der Waals surface area (Å²) in [6, 6.07) is 0. The third-order valence-electron chi connectivity index (χ3n) is 2.57. The second kappa shape index (κ2) is 21.6. The highest BCUT2D eigenvalue weighted by atomic mass is 16.4. The van der Waals surface area contributed by atoms with Crippen LogP contribution in [0.2, 0.25) is 0 Å². The minimum Gasteiger partial charge on any atom is -0.481 e. The smallest absolute Gasteiger partial charge is 0.327 e. The highest BCUT2D eigenvalue weighted by Gasteiger charge is 1.96. The number of carbonyl (C=O) groups is 4. The van der Waals surface area contributed by atoms with Crippen LogP contribution in [0.1, 0.15) is 71.6 Å². The van der Waals surface area contributed by atoms with Gasteiger partial charge in [0.15, 0.2) is 0 Å². The predicted molar refractivity (Wildman–Crippen MR) is 92.6 cm³/mol. The molecule has 0 aliphatic carbocycles. The number of hydrogen-bond donors (Lipinski definition) is 4. The fourth-order valence-electron chi connectivity index (χ4n) is 1.43. The Labute approximate surface area is 148 Å². The largest absolute Gasteiger partial charge is 0.481 e. The molecule has 0 bridgehead atoms. The van der Waals surface area contributed by atoms with Gasteiger partial charge in [-0.3, -0.25) is 14.4 Å². The predicted octanol–water partition coefficient (Wildman–Crippen LogP) is 3.40. The van der Waals surface area contributed by atoms with Crippen molar-refractivity contribution < 1.29 is 39.6 Å². The Morgan fingerprint density at radius 2 is 1.16 bits per heavy atom. The minimum absolute atomic E-state index is 0.222. The molecule has 0 aromatic rings. The van der Waals surface area contributed by atoms with Crippen LogP contribution >= 0.6 is 0 Å². The van der Waals surface area contributed by atoms with Gasteiger partial charge in [0.05, 0.1) is 0 Å². The molecule has 0 rings (SSSR count). The third-order valence-corrected chi connectivity index (χ3v) is 2.57. The Hall–Kier alpha value is -2.38. The summed E-state index contributed by atoms with van der Waals surface area (Å²) in [7, 11) is 0. The standard InChI is InChI=1S/C12H20O4.C3H6O2.C2H4O2/c13-11(14)9-7-5-3-1-2-4-6-8-10-12(15)16;1-2-3(4)5;1-2(3)4/h7,9H,1-6,8,10H2,(H,13,14)(H,15,16);2H2,1H3,(H,4,5);1H3,(H,3,4). The summed E-state index contributed by atoms with van der Waals surface area (Å²) >= 11 is 0. The lowest BCUT2D eigenvalue weighted by molar-refractivity contribution is -0.137. The van der Waals surface area contributed by atoms with Crippen LogP contribution in [0.5, 0.6) is 0 Å². The molecule has 0 heterocycles. The number of hydrogen-bond acceptors (Lipinski definition) is 4. The molecule has 0 spiro atoms. The number of allylic oxidation sites excluding steroid dienone is 1. The van der Waals surface area contributed by atoms with E-state index in [2.05, 4.69) is 0 Å². The molecule has 8 heteroatoms. The third kappa shape index (κ3) is 52.3. The molecule has 0 fully saturated rings. The zero-order valence-corrected chi connectivity index (χ0v) is 14.9. The average molecular weight is 362 g/mol. The summed E-state index contributed by atoms with van der Waals surface area (Å²) in [5, 5.41) is 31.9. The van der Waals surface area contributed by atoms with Gasteiger partial charge in [0, 0.05) is 25.8 Å². The summed E-state index contributed by atoms with van der Waals surface area (Å²) < 4.78 is 0. The zero-order valence-electron chi connectivity index (χ0n) is 14.9. The lowest BCUT2D eigenvalue weighted by atomic mass is 10.1. The first-order valence-corrected chi connectivity index (χ1v) is 8.16. The van der Waals surface area contributed by atoms with Crippen LogP contribution in [-0.2, 0) is 19.2 Å². The van der Waals surface area contributed by atoms with Gasteiger partial charge in [-0.1, -0.05) is 38.7 Å². The lowest BCUT2D eigenvalue weighted by Crippen LogP contribution is -1.93. The molecule has 0 aromatic heterocycles. The molecule has 0 aromatic carbocycles. The fourth-order valence-corrected chi connectivity index (χ4v) is 1.43. The number of unbranched alkanes of at least 4 members (excludes halogenated alkanes) is 6. The molecule has 0 amide bonds. The van der Waals surface area contributed by atoms with Crippen molar-refractivity contribution in [2.24, 2.45) is 0 Å². The van der Waals surface area contributed by atoms with Crippen molar-refractivity contribution in [3.8, 4) is 0 Å². The van der Waals surface area contributed by atoms with E-state index in [1.54, 1.807) is 13.0 Å². The maximum atomic E-state index is 10.2. The lowest BCUT2D eigenvalue weighted by Gasteiger charge is -1.98. The molecular formula is C17H30O8. The summed E-state index contributed by atoms with van der Waals surface area (Å²) in [6.45, 7) is 2.68. The van der Waals surface area contributed by atoms with Crippen molar-refractivity contribution in [3.05, 3.63) is 12.2 Å². The van der Waals surface area contributed by atoms with Crippen LogP contribution in [0.3, 0.4) is 0 Å². The van der Waals surface area contributed by atoms with Crippen molar-refractivity contribution in [1.29, 1.82) is 0 Å². The number of rotatable bonds is 11. The van der Waals surface area contributed by atoms with Gasteiger partial charge in [-0.05, 0) is 19.3 Å². The van der Waals surface area contributed by atoms with E-state index in [9.17, 15) is 14.4 Å². The normalized spacial score (nSPS) is 9.36. The Balaban J connectivity index is -0.000000442. The first-order chi connectivity index (χ1) is 11.6. The number of carboxylic acid groups (broad SMARTS) is 4. The molecule has 4 N–H and O–H groups in total. The number of aliphatic carboxylic acids is 4. The Morgan fingerprint density at radius 1 is 0.760 bits per heavy atom. The molecule has 0 saturated heterocycles. The quantitative estimate of drug-likeness (QED) is 0.322. The summed E-state index contributed by atoms with van der Waals surface area (Å²) in [5.41, 5.74) is 0. The van der Waals surface area contributed by atoms with Crippen LogP contribution in [-0.4, -0.2) is 44.3 Å². The van der Waals surface area contributed by atoms with Crippen molar-refractivity contribution in [3.63, 3.8) is 0 Å². The summed E-state index contributed by atoms with van der Waals surface area (Å²) in [4.78, 5) is 38.7. The molecule has 8 nitrogen and oxygen atoms in total. The van der Waals surface area contributed by atoms with Gasteiger partial charge in [-0.15, -0.1) is 0 Å². The van der Waals surface area contributed by atoms with Crippen LogP contribution in [0, 0.1) is 0 Å². The second-order valence-corrected chi connectivity index (χ2v) is 5.06. The van der Waals surface area contributed by atoms with E-state index in [1.807, 2.05) is 0 Å². The van der Waals surface area contributed by atoms with Gasteiger partial charge in [0.25, 0.3) is 5.97 Å². The van der Waals surface area contributed by atoms with Gasteiger partial charge in [-0.25, -0.2) is 4.79 Å². The highest BCUT2D eigenvalue weighted by Crippen LogP contribution is 2.08. The summed E-state index contributed by atoms with van der Waals surface area (Å²) in [5.74, 6) is -3.20. The maximum Gasteiger partial charge on any atom is 0.327 e. The van der Waals surface area contributed by atoms with E-state index < -0.39 is 23.9 Å². The van der Waals surface area contributed by atoms with E-state index in [0.29, 0.717) is 0 Å². The Morgan fingerprint density at radius 3 is 1.52 bits per heavy atom. The topological polar surface area (TPSA) is 149 Å². The Kier molecular flexibility index (Phi) is 23.8. The molecule has 0 saturated carbocycles. The monoisotopic (exact) mass is 362 g/mol. The van der Waals surface area contributed by atoms with Crippen LogP contribution < -0.4 is 0 Å². The molecule has 0 radical (unpaired) electrons. The van der Waals surface area contributed by atoms with Crippen LogP contribution in [0.4, 0.5) is 0 Å². The fraction of sp³-hybridized carbons (Fsp3) is 0.647. The van der Waals surface area contributed by atoms with Crippen molar-refractivity contribution in [2.45, 2.75) is 71.6 Å². The highest BCUT2D eigenvalue weighted by molar-refractivity contribution is 5.79. The minimum atomic E-state index is -0.895. The van der Waals surface area contributed by atoms with Crippen LogP contribution in [0.25, 0.3) is 0 Å². The van der Waals surface area contributed by atoms with Gasteiger partial charge < -0.3 is 20.4 Å². The number of carboxylic acids is 4. The molecule has 0 atom stereocenters. The van der Waals surface area contributed by atoms with Crippen molar-refractivity contribution >= 4 is 23.9 Å². The van der Waals surface area contributed by atoms with E-state index in [0.717, 1.165) is 51.9 Å². The molecule has 146 valence electrons. The van der Waals surface area contributed by atoms with E-state index in [1.165, 1.54) is 6.08 Å². The maximum absolute atomic E-state index is 10.2. The average Bonchev–Trinajstić information content (AvgIpc) is 2.48. The van der Waals surface area contributed by atoms with E-state index in [4.69, 9.17) is 25.2 Å². The summed E-state index contributed by atoms with van der Waals surface area (Å²) in [6.07, 6.45) is 10.1. The molecule has 25 heavy (non-hydrogen) atoms. The SMILES string of the molecule is CC(=O)O.CCC(=O)O.O=C(O)C=CCCCCCCCCC(=O)O. The molecular weight excluding hydrogens is 332 g/mol. The van der Waals surface area contributed by atoms with Gasteiger partial charge in [0.2, 0.25) is 0 Å². The van der Waals surface area contributed by atoms with E-state index in [-0.39, 0.29) is 12.8 Å². The second-order valence-electron chi connectivity index (χ2n) is 5.06. The zero-order chi connectivity index (χ0) is 20.1. The van der Waals surface area contributed by atoms with Crippen LogP contribution in [0.15, 0.2) is 12.2 Å². The van der Waals surface area contributed by atoms with Gasteiger partial charge in [0.1, 0.15) is 0 Å². The molecule has 0 aliphatic heterocycles. The van der Waals surface area contributed by atoms with Crippen molar-refractivity contribution in [2.75, 3.05) is 0 Å². The van der Waals surface area contributed by atoms with Crippen molar-refractivity contribution in [1.82, 2.24) is 0 Å². The molecule has 0 aliphatic rings. The Bertz CT molecular complexity index is 397. The first-order valence-electron chi connectivity index (χ1n) is 8.16. The van der Waals surface area contributed by atoms with E-state index >= 15 is 0 Å². The first kappa shape index (κ1) is 27.5. The van der Waals surface area contributed by atoms with Gasteiger partial charge in [-0.2, -0.15) is 0 Å². The van der Waals surface area contributed by atoms with Gasteiger partial charge >= 0.3 is 17.9 Å².